The van der Waals surface area contributed by atoms with Gasteiger partial charge in [0.15, 0.2) is 0 Å². The number of nitrogens with zero attached hydrogens (tertiary/aromatic N) is 3. The van der Waals surface area contributed by atoms with Gasteiger partial charge in [-0.3, -0.25) is 9.69 Å². The first kappa shape index (κ1) is 16.4. The molecule has 1 atom stereocenters. The lowest BCUT2D eigenvalue weighted by atomic mass is 10.2. The number of carbonyl (C=O) groups excluding carboxylic acids is 1. The van der Waals surface area contributed by atoms with E-state index in [0.29, 0.717) is 26.2 Å². The van der Waals surface area contributed by atoms with E-state index < -0.39 is 15.8 Å². The van der Waals surface area contributed by atoms with Gasteiger partial charge in [-0.1, -0.05) is 0 Å². The second-order valence-electron chi connectivity index (χ2n) is 5.96. The average molecular weight is 341 g/mol. The molecule has 2 saturated heterocycles. The number of carbonyl (C=O) groups is 1. The lowest BCUT2D eigenvalue weighted by Crippen LogP contribution is -2.53. The second kappa shape index (κ2) is 6.18. The average Bonchev–Trinajstić information content (AvgIpc) is 2.87. The zero-order chi connectivity index (χ0) is 16.6. The van der Waals surface area contributed by atoms with Crippen LogP contribution in [0.2, 0.25) is 0 Å². The molecular formula is C15H20FN3O3S. The van der Waals surface area contributed by atoms with Crippen LogP contribution in [0.3, 0.4) is 0 Å². The molecule has 8 heteroatoms. The highest BCUT2D eigenvalue weighted by Gasteiger charge is 2.37. The number of likely N-dealkylation sites (N-methyl/N-ethyl adjacent to an activating group) is 1. The molecule has 126 valence electrons. The smallest absolute Gasteiger partial charge is 0.243 e. The quantitative estimate of drug-likeness (QED) is 0.797. The van der Waals surface area contributed by atoms with Crippen LogP contribution in [0.1, 0.15) is 6.42 Å². The number of sulfonamides is 1. The molecule has 0 spiro atoms. The Bertz CT molecular complexity index is 684. The minimum Gasteiger partial charge on any atom is -0.344 e. The number of amides is 1. The van der Waals surface area contributed by atoms with Crippen LogP contribution in [-0.2, 0) is 14.8 Å². The van der Waals surface area contributed by atoms with E-state index in [1.807, 2.05) is 0 Å². The van der Waals surface area contributed by atoms with Crippen molar-refractivity contribution in [2.24, 2.45) is 0 Å². The highest BCUT2D eigenvalue weighted by Crippen LogP contribution is 2.21. The molecule has 1 aromatic carbocycles. The van der Waals surface area contributed by atoms with Crippen LogP contribution in [0.25, 0.3) is 0 Å². The Hall–Kier alpha value is -1.51. The fraction of sp³-hybridized carbons (Fsp3) is 0.533. The summed E-state index contributed by atoms with van der Waals surface area (Å²) in [5.41, 5.74) is 0. The van der Waals surface area contributed by atoms with Crippen molar-refractivity contribution in [1.82, 2.24) is 14.1 Å². The Morgan fingerprint density at radius 3 is 2.17 bits per heavy atom. The SMILES string of the molecule is CN1CCC(N2CCN(S(=O)(=O)c3ccc(F)cc3)CC2)C1=O. The van der Waals surface area contributed by atoms with Crippen LogP contribution in [-0.4, -0.2) is 74.2 Å². The normalized spacial score (nSPS) is 24.3. The van der Waals surface area contributed by atoms with Crippen molar-refractivity contribution in [2.45, 2.75) is 17.4 Å². The minimum atomic E-state index is -3.61. The van der Waals surface area contributed by atoms with E-state index in [2.05, 4.69) is 4.90 Å². The monoisotopic (exact) mass is 341 g/mol. The van der Waals surface area contributed by atoms with Gasteiger partial charge in [-0.15, -0.1) is 0 Å². The van der Waals surface area contributed by atoms with Crippen molar-refractivity contribution in [3.05, 3.63) is 30.1 Å². The van der Waals surface area contributed by atoms with Gasteiger partial charge in [-0.25, -0.2) is 12.8 Å². The van der Waals surface area contributed by atoms with Gasteiger partial charge in [0.05, 0.1) is 10.9 Å². The largest absolute Gasteiger partial charge is 0.344 e. The molecule has 23 heavy (non-hydrogen) atoms. The van der Waals surface area contributed by atoms with Crippen LogP contribution in [0, 0.1) is 5.82 Å². The van der Waals surface area contributed by atoms with Gasteiger partial charge in [0.2, 0.25) is 15.9 Å². The molecule has 3 rings (SSSR count). The van der Waals surface area contributed by atoms with Gasteiger partial charge in [-0.05, 0) is 30.7 Å². The number of likely N-dealkylation sites (tertiary alicyclic amines) is 1. The van der Waals surface area contributed by atoms with Gasteiger partial charge in [0.1, 0.15) is 5.82 Å². The summed E-state index contributed by atoms with van der Waals surface area (Å²) in [5, 5.41) is 0. The highest BCUT2D eigenvalue weighted by atomic mass is 32.2. The molecule has 0 saturated carbocycles. The summed E-state index contributed by atoms with van der Waals surface area (Å²) in [7, 11) is -1.82. The summed E-state index contributed by atoms with van der Waals surface area (Å²) >= 11 is 0. The predicted molar refractivity (Wildman–Crippen MR) is 82.8 cm³/mol. The van der Waals surface area contributed by atoms with Crippen molar-refractivity contribution in [1.29, 1.82) is 0 Å². The molecule has 2 fully saturated rings. The maximum Gasteiger partial charge on any atom is 0.243 e. The number of hydrogen-bond acceptors (Lipinski definition) is 4. The van der Waals surface area contributed by atoms with Gasteiger partial charge in [-0.2, -0.15) is 4.31 Å². The molecular weight excluding hydrogens is 321 g/mol. The first-order chi connectivity index (χ1) is 10.9. The Kier molecular flexibility index (Phi) is 4.39. The van der Waals surface area contributed by atoms with Crippen LogP contribution >= 0.6 is 0 Å². The maximum atomic E-state index is 13.0. The molecule has 0 radical (unpaired) electrons. The summed E-state index contributed by atoms with van der Waals surface area (Å²) in [6.45, 7) is 2.49. The summed E-state index contributed by atoms with van der Waals surface area (Å²) in [6.07, 6.45) is 0.792. The van der Waals surface area contributed by atoms with E-state index in [1.54, 1.807) is 11.9 Å². The fourth-order valence-electron chi connectivity index (χ4n) is 3.15. The molecule has 0 bridgehead atoms. The van der Waals surface area contributed by atoms with E-state index in [0.717, 1.165) is 25.1 Å². The van der Waals surface area contributed by atoms with E-state index >= 15 is 0 Å². The Morgan fingerprint density at radius 2 is 1.65 bits per heavy atom. The molecule has 1 amide bonds. The van der Waals surface area contributed by atoms with Gasteiger partial charge in [0, 0.05) is 39.8 Å². The van der Waals surface area contributed by atoms with E-state index in [9.17, 15) is 17.6 Å². The van der Waals surface area contributed by atoms with Crippen molar-refractivity contribution in [3.63, 3.8) is 0 Å². The first-order valence-electron chi connectivity index (χ1n) is 7.64. The number of piperazine rings is 1. The Balaban J connectivity index is 1.67. The third-order valence-corrected chi connectivity index (χ3v) is 6.48. The molecule has 1 aromatic rings. The third-order valence-electron chi connectivity index (χ3n) is 4.56. The third kappa shape index (κ3) is 3.11. The van der Waals surface area contributed by atoms with Crippen molar-refractivity contribution < 1.29 is 17.6 Å². The molecule has 0 N–H and O–H groups in total. The molecule has 2 aliphatic heterocycles. The zero-order valence-corrected chi connectivity index (χ0v) is 13.8. The van der Waals surface area contributed by atoms with Crippen molar-refractivity contribution >= 4 is 15.9 Å². The van der Waals surface area contributed by atoms with E-state index in [-0.39, 0.29) is 16.8 Å². The second-order valence-corrected chi connectivity index (χ2v) is 7.90. The van der Waals surface area contributed by atoms with Crippen molar-refractivity contribution in [3.8, 4) is 0 Å². The topological polar surface area (TPSA) is 60.9 Å². The van der Waals surface area contributed by atoms with Gasteiger partial charge in [0.25, 0.3) is 0 Å². The molecule has 6 nitrogen and oxygen atoms in total. The minimum absolute atomic E-state index is 0.101. The van der Waals surface area contributed by atoms with Gasteiger partial charge < -0.3 is 4.90 Å². The van der Waals surface area contributed by atoms with Crippen LogP contribution in [0.4, 0.5) is 4.39 Å². The molecule has 1 unspecified atom stereocenters. The summed E-state index contributed by atoms with van der Waals surface area (Å²) in [6, 6.07) is 4.74. The van der Waals surface area contributed by atoms with Crippen LogP contribution in [0.5, 0.6) is 0 Å². The number of hydrogen-bond donors (Lipinski definition) is 0. The summed E-state index contributed by atoms with van der Waals surface area (Å²) in [4.78, 5) is 15.9. The van der Waals surface area contributed by atoms with Crippen molar-refractivity contribution in [2.75, 3.05) is 39.8 Å². The molecule has 0 aliphatic carbocycles. The molecule has 2 aliphatic rings. The standard InChI is InChI=1S/C15H20FN3O3S/c1-17-7-6-14(15(17)20)18-8-10-19(11-9-18)23(21,22)13-4-2-12(16)3-5-13/h2-5,14H,6-11H2,1H3. The first-order valence-corrected chi connectivity index (χ1v) is 9.08. The van der Waals surface area contributed by atoms with Crippen LogP contribution in [0.15, 0.2) is 29.2 Å². The maximum absolute atomic E-state index is 13.0. The fourth-order valence-corrected chi connectivity index (χ4v) is 4.58. The zero-order valence-electron chi connectivity index (χ0n) is 13.0. The molecule has 0 aromatic heterocycles. The lowest BCUT2D eigenvalue weighted by Gasteiger charge is -2.36. The van der Waals surface area contributed by atoms with Crippen LogP contribution < -0.4 is 0 Å². The summed E-state index contributed by atoms with van der Waals surface area (Å²) in [5.74, 6) is -0.350. The Labute approximate surface area is 135 Å². The van der Waals surface area contributed by atoms with E-state index in [1.165, 1.54) is 16.4 Å². The lowest BCUT2D eigenvalue weighted by molar-refractivity contribution is -0.131. The van der Waals surface area contributed by atoms with E-state index in [4.69, 9.17) is 0 Å². The Morgan fingerprint density at radius 1 is 1.04 bits per heavy atom. The molecule has 2 heterocycles. The van der Waals surface area contributed by atoms with Gasteiger partial charge >= 0.3 is 0 Å². The highest BCUT2D eigenvalue weighted by molar-refractivity contribution is 7.89. The predicted octanol–water partition coefficient (Wildman–Crippen LogP) is 0.363. The number of benzene rings is 1. The number of halogens is 1. The summed E-state index contributed by atoms with van der Waals surface area (Å²) < 4.78 is 39.5. The number of rotatable bonds is 3.